The molecule has 4 nitrogen and oxygen atoms in total. The molecular weight excluding hydrogens is 264 g/mol. The van der Waals surface area contributed by atoms with Crippen LogP contribution in [-0.2, 0) is 11.2 Å². The van der Waals surface area contributed by atoms with Crippen molar-refractivity contribution in [2.45, 2.75) is 65.1 Å². The van der Waals surface area contributed by atoms with Gasteiger partial charge in [0.2, 0.25) is 0 Å². The van der Waals surface area contributed by atoms with Crippen LogP contribution in [0.3, 0.4) is 0 Å². The number of hydrogen-bond donors (Lipinski definition) is 2. The van der Waals surface area contributed by atoms with Crippen molar-refractivity contribution >= 4 is 5.91 Å². The summed E-state index contributed by atoms with van der Waals surface area (Å²) in [4.78, 5) is 12.0. The normalized spacial score (nSPS) is 14.4. The van der Waals surface area contributed by atoms with E-state index in [1.807, 2.05) is 52.0 Å². The molecule has 1 aromatic rings. The van der Waals surface area contributed by atoms with Crippen LogP contribution >= 0.6 is 0 Å². The van der Waals surface area contributed by atoms with Crippen LogP contribution in [0.15, 0.2) is 24.3 Å². The number of benzene rings is 1. The lowest BCUT2D eigenvalue weighted by Gasteiger charge is -2.23. The lowest BCUT2D eigenvalue weighted by atomic mass is 10.1. The highest BCUT2D eigenvalue weighted by atomic mass is 16.5. The van der Waals surface area contributed by atoms with Crippen LogP contribution in [0.2, 0.25) is 0 Å². The largest absolute Gasteiger partial charge is 0.481 e. The Hall–Kier alpha value is -1.55. The van der Waals surface area contributed by atoms with Gasteiger partial charge in [-0.15, -0.1) is 0 Å². The van der Waals surface area contributed by atoms with Gasteiger partial charge in [-0.25, -0.2) is 0 Å². The van der Waals surface area contributed by atoms with Gasteiger partial charge in [0, 0.05) is 11.6 Å². The van der Waals surface area contributed by atoms with Crippen LogP contribution in [0.1, 0.15) is 46.6 Å². The number of ether oxygens (including phenoxy) is 1. The predicted octanol–water partition coefficient (Wildman–Crippen LogP) is 2.65. The number of hydrogen-bond acceptors (Lipinski definition) is 3. The SMILES string of the molecule is CC(N)CCc1ccc(OC(C)C(=O)NC(C)(C)C)cc1. The molecule has 1 amide bonds. The van der Waals surface area contributed by atoms with E-state index in [4.69, 9.17) is 10.5 Å². The van der Waals surface area contributed by atoms with Crippen LogP contribution in [0.5, 0.6) is 5.75 Å². The Morgan fingerprint density at radius 1 is 1.24 bits per heavy atom. The minimum Gasteiger partial charge on any atom is -0.481 e. The first kappa shape index (κ1) is 17.5. The molecule has 0 aliphatic carbocycles. The summed E-state index contributed by atoms with van der Waals surface area (Å²) in [6.07, 6.45) is 1.40. The standard InChI is InChI=1S/C17H28N2O2/c1-12(18)6-7-14-8-10-15(11-9-14)21-13(2)16(20)19-17(3,4)5/h8-13H,6-7,18H2,1-5H3,(H,19,20). The van der Waals surface area contributed by atoms with Crippen molar-refractivity contribution in [1.82, 2.24) is 5.32 Å². The molecule has 0 bridgehead atoms. The highest BCUT2D eigenvalue weighted by Crippen LogP contribution is 2.15. The van der Waals surface area contributed by atoms with Gasteiger partial charge < -0.3 is 15.8 Å². The zero-order valence-electron chi connectivity index (χ0n) is 13.8. The molecule has 1 aromatic carbocycles. The molecule has 3 N–H and O–H groups in total. The lowest BCUT2D eigenvalue weighted by molar-refractivity contribution is -0.128. The molecule has 1 rings (SSSR count). The number of aryl methyl sites for hydroxylation is 1. The zero-order valence-corrected chi connectivity index (χ0v) is 13.8. The molecule has 0 heterocycles. The zero-order chi connectivity index (χ0) is 16.0. The summed E-state index contributed by atoms with van der Waals surface area (Å²) in [5.74, 6) is 0.597. The van der Waals surface area contributed by atoms with Crippen molar-refractivity contribution in [1.29, 1.82) is 0 Å². The molecule has 0 fully saturated rings. The molecule has 118 valence electrons. The molecule has 0 saturated heterocycles. The molecule has 21 heavy (non-hydrogen) atoms. The molecule has 0 saturated carbocycles. The van der Waals surface area contributed by atoms with Crippen LogP contribution in [-0.4, -0.2) is 23.6 Å². The Morgan fingerprint density at radius 2 is 1.81 bits per heavy atom. The first-order valence-corrected chi connectivity index (χ1v) is 7.50. The van der Waals surface area contributed by atoms with Crippen LogP contribution in [0.25, 0.3) is 0 Å². The number of amides is 1. The molecule has 0 aliphatic heterocycles. The third kappa shape index (κ3) is 7.14. The quantitative estimate of drug-likeness (QED) is 0.847. The van der Waals surface area contributed by atoms with Gasteiger partial charge in [-0.1, -0.05) is 12.1 Å². The van der Waals surface area contributed by atoms with Crippen molar-refractivity contribution in [3.05, 3.63) is 29.8 Å². The fraction of sp³-hybridized carbons (Fsp3) is 0.588. The highest BCUT2D eigenvalue weighted by molar-refractivity contribution is 5.81. The summed E-state index contributed by atoms with van der Waals surface area (Å²) in [5, 5.41) is 2.91. The second kappa shape index (κ2) is 7.46. The van der Waals surface area contributed by atoms with Crippen molar-refractivity contribution in [2.24, 2.45) is 5.73 Å². The van der Waals surface area contributed by atoms with Gasteiger partial charge >= 0.3 is 0 Å². The maximum absolute atomic E-state index is 12.0. The van der Waals surface area contributed by atoms with Gasteiger partial charge in [0.05, 0.1) is 0 Å². The summed E-state index contributed by atoms with van der Waals surface area (Å²) in [5.41, 5.74) is 6.73. The molecular formula is C17H28N2O2. The van der Waals surface area contributed by atoms with Crippen LogP contribution in [0, 0.1) is 0 Å². The number of carbonyl (C=O) groups excluding carboxylic acids is 1. The maximum Gasteiger partial charge on any atom is 0.261 e. The van der Waals surface area contributed by atoms with Crippen molar-refractivity contribution < 1.29 is 9.53 Å². The summed E-state index contributed by atoms with van der Waals surface area (Å²) in [7, 11) is 0. The smallest absolute Gasteiger partial charge is 0.261 e. The second-order valence-corrected chi connectivity index (χ2v) is 6.66. The Kier molecular flexibility index (Phi) is 6.21. The Bertz CT molecular complexity index is 447. The van der Waals surface area contributed by atoms with E-state index in [1.165, 1.54) is 5.56 Å². The van der Waals surface area contributed by atoms with Crippen molar-refractivity contribution in [3.63, 3.8) is 0 Å². The highest BCUT2D eigenvalue weighted by Gasteiger charge is 2.20. The van der Waals surface area contributed by atoms with E-state index in [0.717, 1.165) is 12.8 Å². The second-order valence-electron chi connectivity index (χ2n) is 6.66. The van der Waals surface area contributed by atoms with E-state index in [-0.39, 0.29) is 17.5 Å². The fourth-order valence-corrected chi connectivity index (χ4v) is 1.86. The van der Waals surface area contributed by atoms with Gasteiger partial charge in [0.1, 0.15) is 5.75 Å². The Morgan fingerprint density at radius 3 is 2.29 bits per heavy atom. The van der Waals surface area contributed by atoms with Crippen molar-refractivity contribution in [3.8, 4) is 5.75 Å². The van der Waals surface area contributed by atoms with Crippen LogP contribution < -0.4 is 15.8 Å². The van der Waals surface area contributed by atoms with E-state index >= 15 is 0 Å². The molecule has 0 aliphatic rings. The number of nitrogens with two attached hydrogens (primary N) is 1. The average Bonchev–Trinajstić information content (AvgIpc) is 2.35. The van der Waals surface area contributed by atoms with Crippen LogP contribution in [0.4, 0.5) is 0 Å². The van der Waals surface area contributed by atoms with E-state index in [0.29, 0.717) is 5.75 Å². The van der Waals surface area contributed by atoms with Gasteiger partial charge in [0.25, 0.3) is 5.91 Å². The molecule has 0 spiro atoms. The average molecular weight is 292 g/mol. The van der Waals surface area contributed by atoms with E-state index in [2.05, 4.69) is 5.32 Å². The summed E-state index contributed by atoms with van der Waals surface area (Å²) in [6.45, 7) is 9.61. The minimum absolute atomic E-state index is 0.108. The van der Waals surface area contributed by atoms with Gasteiger partial charge in [-0.2, -0.15) is 0 Å². The molecule has 0 radical (unpaired) electrons. The van der Waals surface area contributed by atoms with E-state index in [9.17, 15) is 4.79 Å². The molecule has 4 heteroatoms. The predicted molar refractivity (Wildman–Crippen MR) is 86.4 cm³/mol. The summed E-state index contributed by atoms with van der Waals surface area (Å²) in [6, 6.07) is 8.05. The third-order valence-electron chi connectivity index (χ3n) is 2.99. The first-order valence-electron chi connectivity index (χ1n) is 7.50. The van der Waals surface area contributed by atoms with Gasteiger partial charge in [0.15, 0.2) is 6.10 Å². The van der Waals surface area contributed by atoms with E-state index < -0.39 is 6.10 Å². The topological polar surface area (TPSA) is 64.3 Å². The van der Waals surface area contributed by atoms with E-state index in [1.54, 1.807) is 6.92 Å². The monoisotopic (exact) mass is 292 g/mol. The molecule has 0 aromatic heterocycles. The van der Waals surface area contributed by atoms with Crippen molar-refractivity contribution in [2.75, 3.05) is 0 Å². The van der Waals surface area contributed by atoms with Gasteiger partial charge in [-0.3, -0.25) is 4.79 Å². The minimum atomic E-state index is -0.515. The summed E-state index contributed by atoms with van der Waals surface area (Å²) < 4.78 is 5.67. The number of rotatable bonds is 6. The molecule has 2 atom stereocenters. The van der Waals surface area contributed by atoms with Gasteiger partial charge in [-0.05, 0) is 65.2 Å². The fourth-order valence-electron chi connectivity index (χ4n) is 1.86. The summed E-state index contributed by atoms with van der Waals surface area (Å²) >= 11 is 0. The number of nitrogens with one attached hydrogen (secondary N) is 1. The molecule has 2 unspecified atom stereocenters. The first-order chi connectivity index (χ1) is 9.67. The lowest BCUT2D eigenvalue weighted by Crippen LogP contribution is -2.46. The Labute approximate surface area is 128 Å². The maximum atomic E-state index is 12.0. The number of carbonyl (C=O) groups is 1. The third-order valence-corrected chi connectivity index (χ3v) is 2.99. The Balaban J connectivity index is 2.53.